The second kappa shape index (κ2) is 8.08. The fourth-order valence-electron chi connectivity index (χ4n) is 1.77. The molecule has 1 rings (SSSR count). The average Bonchev–Trinajstić information content (AvgIpc) is 2.50. The molecule has 0 fully saturated rings. The van der Waals surface area contributed by atoms with Crippen LogP contribution in [0.2, 0.25) is 0 Å². The quantitative estimate of drug-likeness (QED) is 0.795. The third-order valence-electron chi connectivity index (χ3n) is 3.08. The molecule has 0 atom stereocenters. The zero-order chi connectivity index (χ0) is 15.8. The van der Waals surface area contributed by atoms with Crippen LogP contribution >= 0.6 is 0 Å². The predicted octanol–water partition coefficient (Wildman–Crippen LogP) is 0.547. The van der Waals surface area contributed by atoms with Crippen LogP contribution in [0.15, 0.2) is 18.2 Å². The van der Waals surface area contributed by atoms with Gasteiger partial charge in [0.1, 0.15) is 6.61 Å². The summed E-state index contributed by atoms with van der Waals surface area (Å²) in [5, 5.41) is 11.2. The minimum atomic E-state index is -0.219. The minimum Gasteiger partial charge on any atom is -0.384 e. The normalized spacial score (nSPS) is 9.52. The van der Waals surface area contributed by atoms with Crippen molar-refractivity contribution in [2.24, 2.45) is 0 Å². The number of carbonyl (C=O) groups excluding carboxylic acids is 2. The lowest BCUT2D eigenvalue weighted by atomic mass is 10.0. The largest absolute Gasteiger partial charge is 0.384 e. The van der Waals surface area contributed by atoms with E-state index in [4.69, 9.17) is 5.11 Å². The van der Waals surface area contributed by atoms with Gasteiger partial charge >= 0.3 is 0 Å². The van der Waals surface area contributed by atoms with E-state index in [2.05, 4.69) is 17.2 Å². The monoisotopic (exact) mass is 288 g/mol. The van der Waals surface area contributed by atoms with Gasteiger partial charge in [-0.25, -0.2) is 0 Å². The zero-order valence-corrected chi connectivity index (χ0v) is 12.6. The molecule has 0 heterocycles. The van der Waals surface area contributed by atoms with Gasteiger partial charge in [-0.2, -0.15) is 0 Å². The second-order valence-electron chi connectivity index (χ2n) is 4.64. The highest BCUT2D eigenvalue weighted by molar-refractivity contribution is 5.96. The number of amides is 2. The highest BCUT2D eigenvalue weighted by Crippen LogP contribution is 2.13. The summed E-state index contributed by atoms with van der Waals surface area (Å²) >= 11 is 0. The maximum absolute atomic E-state index is 12.4. The Hall–Kier alpha value is -2.32. The first-order valence-corrected chi connectivity index (χ1v) is 6.66. The molecule has 21 heavy (non-hydrogen) atoms. The number of aliphatic hydroxyl groups is 1. The third-order valence-corrected chi connectivity index (χ3v) is 3.08. The van der Waals surface area contributed by atoms with Gasteiger partial charge in [-0.1, -0.05) is 17.9 Å². The molecule has 1 aromatic rings. The third kappa shape index (κ3) is 4.93. The van der Waals surface area contributed by atoms with Crippen LogP contribution in [0.3, 0.4) is 0 Å². The van der Waals surface area contributed by atoms with Crippen LogP contribution in [0.5, 0.6) is 0 Å². The van der Waals surface area contributed by atoms with Crippen molar-refractivity contribution in [2.75, 3.05) is 27.2 Å². The molecule has 5 heteroatoms. The first-order valence-electron chi connectivity index (χ1n) is 6.66. The van der Waals surface area contributed by atoms with Crippen molar-refractivity contribution < 1.29 is 14.7 Å². The van der Waals surface area contributed by atoms with Crippen molar-refractivity contribution in [2.45, 2.75) is 13.3 Å². The molecule has 0 aliphatic rings. The molecule has 1 aromatic carbocycles. The Morgan fingerprint density at radius 2 is 2.10 bits per heavy atom. The lowest BCUT2D eigenvalue weighted by Crippen LogP contribution is -2.31. The molecule has 0 saturated carbocycles. The summed E-state index contributed by atoms with van der Waals surface area (Å²) in [4.78, 5) is 25.1. The molecule has 0 saturated heterocycles. The smallest absolute Gasteiger partial charge is 0.253 e. The maximum Gasteiger partial charge on any atom is 0.253 e. The van der Waals surface area contributed by atoms with E-state index in [9.17, 15) is 9.59 Å². The van der Waals surface area contributed by atoms with E-state index in [1.165, 1.54) is 4.90 Å². The Morgan fingerprint density at radius 3 is 2.71 bits per heavy atom. The van der Waals surface area contributed by atoms with Crippen molar-refractivity contribution in [1.29, 1.82) is 0 Å². The fraction of sp³-hybridized carbons (Fsp3) is 0.375. The SMILES string of the molecule is CNC(=O)CCN(C)C(=O)c1cc(C#CCO)ccc1C. The number of rotatable bonds is 4. The first kappa shape index (κ1) is 16.7. The number of carbonyl (C=O) groups is 2. The Balaban J connectivity index is 2.87. The molecule has 0 bridgehead atoms. The van der Waals surface area contributed by atoms with Crippen molar-refractivity contribution in [1.82, 2.24) is 10.2 Å². The van der Waals surface area contributed by atoms with Crippen LogP contribution in [0.4, 0.5) is 0 Å². The summed E-state index contributed by atoms with van der Waals surface area (Å²) in [6, 6.07) is 5.33. The molecule has 0 aliphatic heterocycles. The first-order chi connectivity index (χ1) is 9.99. The molecular weight excluding hydrogens is 268 g/mol. The summed E-state index contributed by atoms with van der Waals surface area (Å²) in [7, 11) is 3.23. The van der Waals surface area contributed by atoms with E-state index in [1.54, 1.807) is 26.2 Å². The summed E-state index contributed by atoms with van der Waals surface area (Å²) in [5.41, 5.74) is 2.08. The molecular formula is C16H20N2O3. The average molecular weight is 288 g/mol. The fourth-order valence-corrected chi connectivity index (χ4v) is 1.77. The van der Waals surface area contributed by atoms with Gasteiger partial charge in [0.25, 0.3) is 5.91 Å². The Morgan fingerprint density at radius 1 is 1.38 bits per heavy atom. The minimum absolute atomic E-state index is 0.103. The predicted molar refractivity (Wildman–Crippen MR) is 80.8 cm³/mol. The standard InChI is InChI=1S/C16H20N2O3/c1-12-6-7-13(5-4-10-19)11-14(12)16(21)18(3)9-8-15(20)17-2/h6-7,11,19H,8-10H2,1-3H3,(H,17,20). The molecule has 5 nitrogen and oxygen atoms in total. The van der Waals surface area contributed by atoms with Crippen molar-refractivity contribution >= 4 is 11.8 Å². The van der Waals surface area contributed by atoms with Crippen LogP contribution in [-0.4, -0.2) is 49.1 Å². The van der Waals surface area contributed by atoms with Crippen LogP contribution in [0.25, 0.3) is 0 Å². The molecule has 0 aromatic heterocycles. The molecule has 2 amide bonds. The van der Waals surface area contributed by atoms with Crippen molar-refractivity contribution in [3.05, 3.63) is 34.9 Å². The summed E-state index contributed by atoms with van der Waals surface area (Å²) in [5.74, 6) is 5.08. The summed E-state index contributed by atoms with van der Waals surface area (Å²) in [6.07, 6.45) is 0.266. The highest BCUT2D eigenvalue weighted by Gasteiger charge is 2.15. The zero-order valence-electron chi connectivity index (χ0n) is 12.6. The summed E-state index contributed by atoms with van der Waals surface area (Å²) in [6.45, 7) is 1.98. The number of nitrogens with zero attached hydrogens (tertiary/aromatic N) is 1. The van der Waals surface area contributed by atoms with Crippen molar-refractivity contribution in [3.8, 4) is 11.8 Å². The Bertz CT molecular complexity index is 585. The molecule has 112 valence electrons. The number of nitrogens with one attached hydrogen (secondary N) is 1. The highest BCUT2D eigenvalue weighted by atomic mass is 16.2. The van der Waals surface area contributed by atoms with Gasteiger partial charge < -0.3 is 15.3 Å². The summed E-state index contributed by atoms with van der Waals surface area (Å²) < 4.78 is 0. The molecule has 0 unspecified atom stereocenters. The topological polar surface area (TPSA) is 69.6 Å². The number of hydrogen-bond donors (Lipinski definition) is 2. The lowest BCUT2D eigenvalue weighted by Gasteiger charge is -2.18. The van der Waals surface area contributed by atoms with Crippen molar-refractivity contribution in [3.63, 3.8) is 0 Å². The molecule has 0 aliphatic carbocycles. The van der Waals surface area contributed by atoms with E-state index in [0.717, 1.165) is 5.56 Å². The van der Waals surface area contributed by atoms with Crippen LogP contribution in [-0.2, 0) is 4.79 Å². The number of benzene rings is 1. The second-order valence-corrected chi connectivity index (χ2v) is 4.64. The van der Waals surface area contributed by atoms with Gasteiger partial charge in [-0.05, 0) is 24.6 Å². The Labute approximate surface area is 125 Å². The van der Waals surface area contributed by atoms with E-state index in [0.29, 0.717) is 17.7 Å². The van der Waals surface area contributed by atoms with E-state index in [-0.39, 0.29) is 24.8 Å². The van der Waals surface area contributed by atoms with Gasteiger partial charge in [0, 0.05) is 38.2 Å². The van der Waals surface area contributed by atoms with Gasteiger partial charge in [0.05, 0.1) is 0 Å². The number of aryl methyl sites for hydroxylation is 1. The number of aliphatic hydroxyl groups excluding tert-OH is 1. The van der Waals surface area contributed by atoms with E-state index >= 15 is 0 Å². The molecule has 0 spiro atoms. The van der Waals surface area contributed by atoms with E-state index < -0.39 is 0 Å². The van der Waals surface area contributed by atoms with Gasteiger partial charge in [0.15, 0.2) is 0 Å². The van der Waals surface area contributed by atoms with E-state index in [1.807, 2.05) is 13.0 Å². The van der Waals surface area contributed by atoms with Gasteiger partial charge in [-0.3, -0.25) is 9.59 Å². The Kier molecular flexibility index (Phi) is 6.44. The van der Waals surface area contributed by atoms with Crippen LogP contribution in [0, 0.1) is 18.8 Å². The van der Waals surface area contributed by atoms with Gasteiger partial charge in [0.2, 0.25) is 5.91 Å². The number of hydrogen-bond acceptors (Lipinski definition) is 3. The lowest BCUT2D eigenvalue weighted by molar-refractivity contribution is -0.120. The molecule has 0 radical (unpaired) electrons. The van der Waals surface area contributed by atoms with Gasteiger partial charge in [-0.15, -0.1) is 0 Å². The van der Waals surface area contributed by atoms with Crippen LogP contribution in [0.1, 0.15) is 27.9 Å². The maximum atomic E-state index is 12.4. The molecule has 2 N–H and O–H groups in total. The van der Waals surface area contributed by atoms with Crippen LogP contribution < -0.4 is 5.32 Å².